The van der Waals surface area contributed by atoms with Crippen LogP contribution in [0.5, 0.6) is 0 Å². The van der Waals surface area contributed by atoms with Crippen molar-refractivity contribution in [3.63, 3.8) is 0 Å². The minimum Gasteiger partial charge on any atom is -0.462 e. The lowest BCUT2D eigenvalue weighted by Gasteiger charge is -2.18. The van der Waals surface area contributed by atoms with Gasteiger partial charge in [-0.05, 0) is 96.3 Å². The highest BCUT2D eigenvalue weighted by Gasteiger charge is 2.19. The molecule has 0 aliphatic carbocycles. The molecule has 1 atom stereocenters. The molecule has 0 spiro atoms. The van der Waals surface area contributed by atoms with Gasteiger partial charge in [0.15, 0.2) is 6.10 Å². The van der Waals surface area contributed by atoms with E-state index in [4.69, 9.17) is 14.2 Å². The molecule has 6 heteroatoms. The smallest absolute Gasteiger partial charge is 0.306 e. The van der Waals surface area contributed by atoms with Crippen molar-refractivity contribution < 1.29 is 28.6 Å². The Labute approximate surface area is 400 Å². The monoisotopic (exact) mass is 903 g/mol. The predicted octanol–water partition coefficient (Wildman–Crippen LogP) is 17.8. The van der Waals surface area contributed by atoms with Crippen molar-refractivity contribution in [2.24, 2.45) is 0 Å². The van der Waals surface area contributed by atoms with E-state index in [2.05, 4.69) is 118 Å². The fraction of sp³-hybridized carbons (Fsp3) is 0.678. The zero-order chi connectivity index (χ0) is 47.2. The molecule has 0 saturated carbocycles. The van der Waals surface area contributed by atoms with Crippen molar-refractivity contribution in [3.8, 4) is 0 Å². The van der Waals surface area contributed by atoms with Crippen LogP contribution in [0.25, 0.3) is 0 Å². The molecule has 0 heterocycles. The molecule has 0 radical (unpaired) electrons. The molecule has 0 bridgehead atoms. The lowest BCUT2D eigenvalue weighted by Crippen LogP contribution is -2.30. The fourth-order valence-corrected chi connectivity index (χ4v) is 7.13. The molecule has 0 fully saturated rings. The van der Waals surface area contributed by atoms with E-state index < -0.39 is 6.10 Å². The summed E-state index contributed by atoms with van der Waals surface area (Å²) < 4.78 is 16.7. The first-order valence-electron chi connectivity index (χ1n) is 26.7. The van der Waals surface area contributed by atoms with Crippen LogP contribution in [0.4, 0.5) is 0 Å². The van der Waals surface area contributed by atoms with Gasteiger partial charge in [0.1, 0.15) is 13.2 Å². The lowest BCUT2D eigenvalue weighted by atomic mass is 10.1. The Morgan fingerprint density at radius 2 is 0.600 bits per heavy atom. The van der Waals surface area contributed by atoms with Gasteiger partial charge in [-0.3, -0.25) is 14.4 Å². The summed E-state index contributed by atoms with van der Waals surface area (Å²) >= 11 is 0. The summed E-state index contributed by atoms with van der Waals surface area (Å²) in [4.78, 5) is 37.9. The summed E-state index contributed by atoms with van der Waals surface area (Å²) in [7, 11) is 0. The Kier molecular flexibility index (Phi) is 50.0. The second-order valence-electron chi connectivity index (χ2n) is 17.4. The minimum atomic E-state index is -0.786. The average Bonchev–Trinajstić information content (AvgIpc) is 3.30. The molecular weight excluding hydrogens is 805 g/mol. The molecule has 0 aromatic rings. The minimum absolute atomic E-state index is 0.0862. The molecule has 0 aromatic carbocycles. The van der Waals surface area contributed by atoms with E-state index in [-0.39, 0.29) is 31.1 Å². The van der Waals surface area contributed by atoms with Crippen molar-refractivity contribution in [2.75, 3.05) is 13.2 Å². The molecule has 0 N–H and O–H groups in total. The van der Waals surface area contributed by atoms with E-state index >= 15 is 0 Å². The Morgan fingerprint density at radius 3 is 0.938 bits per heavy atom. The summed E-state index contributed by atoms with van der Waals surface area (Å²) in [6, 6.07) is 0. The lowest BCUT2D eigenvalue weighted by molar-refractivity contribution is -0.167. The molecule has 0 rings (SSSR count). The number of carbonyl (C=O) groups is 3. The molecule has 370 valence electrons. The Bertz CT molecular complexity index is 1310. The van der Waals surface area contributed by atoms with Crippen LogP contribution in [0.1, 0.15) is 239 Å². The van der Waals surface area contributed by atoms with Gasteiger partial charge in [-0.25, -0.2) is 0 Å². The van der Waals surface area contributed by atoms with Gasteiger partial charge in [0.25, 0.3) is 0 Å². The third-order valence-corrected chi connectivity index (χ3v) is 11.1. The van der Waals surface area contributed by atoms with Gasteiger partial charge in [0, 0.05) is 19.3 Å². The van der Waals surface area contributed by atoms with Crippen molar-refractivity contribution in [1.29, 1.82) is 0 Å². The van der Waals surface area contributed by atoms with E-state index in [1.165, 1.54) is 70.6 Å². The van der Waals surface area contributed by atoms with Gasteiger partial charge in [0.05, 0.1) is 0 Å². The largest absolute Gasteiger partial charge is 0.462 e. The van der Waals surface area contributed by atoms with Crippen LogP contribution >= 0.6 is 0 Å². The number of hydrogen-bond donors (Lipinski definition) is 0. The number of ether oxygens (including phenoxy) is 3. The summed E-state index contributed by atoms with van der Waals surface area (Å²) in [6.07, 6.45) is 69.8. The second kappa shape index (κ2) is 52.9. The quantitative estimate of drug-likeness (QED) is 0.0262. The molecule has 0 saturated heterocycles. The van der Waals surface area contributed by atoms with Gasteiger partial charge in [-0.2, -0.15) is 0 Å². The van der Waals surface area contributed by atoms with E-state index in [0.717, 1.165) is 128 Å². The van der Waals surface area contributed by atoms with Crippen molar-refractivity contribution in [2.45, 2.75) is 245 Å². The van der Waals surface area contributed by atoms with Crippen LogP contribution in [0, 0.1) is 0 Å². The highest BCUT2D eigenvalue weighted by atomic mass is 16.6. The summed E-state index contributed by atoms with van der Waals surface area (Å²) in [5.74, 6) is -0.916. The maximum absolute atomic E-state index is 12.8. The summed E-state index contributed by atoms with van der Waals surface area (Å²) in [6.45, 7) is 6.35. The maximum atomic E-state index is 12.8. The predicted molar refractivity (Wildman–Crippen MR) is 279 cm³/mol. The Morgan fingerprint density at radius 1 is 0.323 bits per heavy atom. The van der Waals surface area contributed by atoms with E-state index in [1.54, 1.807) is 0 Å². The zero-order valence-electron chi connectivity index (χ0n) is 42.2. The van der Waals surface area contributed by atoms with Crippen LogP contribution in [0.15, 0.2) is 97.2 Å². The maximum Gasteiger partial charge on any atom is 0.306 e. The van der Waals surface area contributed by atoms with Gasteiger partial charge < -0.3 is 14.2 Å². The van der Waals surface area contributed by atoms with Crippen molar-refractivity contribution in [1.82, 2.24) is 0 Å². The van der Waals surface area contributed by atoms with Gasteiger partial charge in [0.2, 0.25) is 0 Å². The molecule has 6 nitrogen and oxygen atoms in total. The Balaban J connectivity index is 4.28. The fourth-order valence-electron chi connectivity index (χ4n) is 7.13. The molecule has 0 aromatic heterocycles. The highest BCUT2D eigenvalue weighted by Crippen LogP contribution is 2.14. The highest BCUT2D eigenvalue weighted by molar-refractivity contribution is 5.71. The number of allylic oxidation sites excluding steroid dienone is 16. The molecule has 0 amide bonds. The number of carbonyl (C=O) groups excluding carboxylic acids is 3. The number of esters is 3. The third-order valence-electron chi connectivity index (χ3n) is 11.1. The first kappa shape index (κ1) is 61.3. The molecule has 1 unspecified atom stereocenters. The second-order valence-corrected chi connectivity index (χ2v) is 17.4. The van der Waals surface area contributed by atoms with Gasteiger partial charge >= 0.3 is 17.9 Å². The van der Waals surface area contributed by atoms with E-state index in [1.807, 2.05) is 0 Å². The topological polar surface area (TPSA) is 78.9 Å². The first-order valence-corrected chi connectivity index (χ1v) is 26.7. The van der Waals surface area contributed by atoms with Crippen LogP contribution in [0.2, 0.25) is 0 Å². The summed E-state index contributed by atoms with van der Waals surface area (Å²) in [5, 5.41) is 0. The first-order chi connectivity index (χ1) is 32.0. The van der Waals surface area contributed by atoms with E-state index in [0.29, 0.717) is 19.3 Å². The van der Waals surface area contributed by atoms with Crippen LogP contribution in [-0.4, -0.2) is 37.2 Å². The van der Waals surface area contributed by atoms with Crippen molar-refractivity contribution >= 4 is 17.9 Å². The standard InChI is InChI=1S/C59H98O6/c1-4-7-10-13-16-18-20-22-24-26-28-29-31-32-34-36-38-40-43-46-49-52-58(61)64-55-56(54-63-57(60)51-48-45-42-15-12-9-6-3)65-59(62)53-50-47-44-41-39-37-35-33-30-27-25-23-21-19-17-14-11-8-5-2/h7-8,10-11,16-19,22-25,28-30,33,56H,4-6,9,12-15,20-21,26-27,31-32,34-55H2,1-3H3/b10-7-,11-8-,18-16-,19-17-,24-22-,25-23-,29-28-,33-30-. The molecule has 0 aliphatic rings. The van der Waals surface area contributed by atoms with Crippen LogP contribution < -0.4 is 0 Å². The number of unbranched alkanes of at least 4 members (excludes halogenated alkanes) is 20. The number of hydrogen-bond acceptors (Lipinski definition) is 6. The van der Waals surface area contributed by atoms with E-state index in [9.17, 15) is 14.4 Å². The third kappa shape index (κ3) is 51.2. The molecule has 65 heavy (non-hydrogen) atoms. The average molecular weight is 903 g/mol. The molecular formula is C59H98O6. The van der Waals surface area contributed by atoms with Crippen molar-refractivity contribution in [3.05, 3.63) is 97.2 Å². The summed E-state index contributed by atoms with van der Waals surface area (Å²) in [5.41, 5.74) is 0. The zero-order valence-corrected chi connectivity index (χ0v) is 42.2. The SMILES string of the molecule is CC/C=C\C/C=C\C/C=C\C/C=C\CCCCCCCCCCC(=O)OCC(COC(=O)CCCCCCCCC)OC(=O)CCCCCCCC/C=C\C/C=C\C/C=C\C/C=C\CC. The van der Waals surface area contributed by atoms with Gasteiger partial charge in [-0.1, -0.05) is 221 Å². The normalized spacial score (nSPS) is 12.8. The Hall–Kier alpha value is -3.67. The molecule has 0 aliphatic heterocycles. The van der Waals surface area contributed by atoms with Crippen LogP contribution in [-0.2, 0) is 28.6 Å². The number of rotatable bonds is 47. The van der Waals surface area contributed by atoms with Gasteiger partial charge in [-0.15, -0.1) is 0 Å². The van der Waals surface area contributed by atoms with Crippen LogP contribution in [0.3, 0.4) is 0 Å².